The number of anilines is 1. The minimum Gasteiger partial charge on any atom is -0.353 e. The molecule has 24 heavy (non-hydrogen) atoms. The highest BCUT2D eigenvalue weighted by Crippen LogP contribution is 2.24. The van der Waals surface area contributed by atoms with Crippen molar-refractivity contribution < 1.29 is 0 Å². The maximum Gasteiger partial charge on any atom is 0.163 e. The Labute approximate surface area is 141 Å². The molecule has 0 amide bonds. The summed E-state index contributed by atoms with van der Waals surface area (Å²) >= 11 is 0. The van der Waals surface area contributed by atoms with Crippen molar-refractivity contribution in [2.45, 2.75) is 13.5 Å². The SMILES string of the molecule is CCN1CCN(c2ncnc3c2cnn3Cc2ccccc2)CC1. The summed E-state index contributed by atoms with van der Waals surface area (Å²) in [6.07, 6.45) is 3.56. The van der Waals surface area contributed by atoms with E-state index in [1.54, 1.807) is 6.33 Å². The number of fused-ring (bicyclic) bond motifs is 1. The van der Waals surface area contributed by atoms with Crippen LogP contribution in [0.4, 0.5) is 5.82 Å². The van der Waals surface area contributed by atoms with E-state index in [-0.39, 0.29) is 0 Å². The van der Waals surface area contributed by atoms with Gasteiger partial charge in [0.1, 0.15) is 12.1 Å². The monoisotopic (exact) mass is 322 g/mol. The first-order valence-electron chi connectivity index (χ1n) is 8.53. The number of hydrogen-bond donors (Lipinski definition) is 0. The van der Waals surface area contributed by atoms with Crippen molar-refractivity contribution in [3.05, 3.63) is 48.4 Å². The first-order valence-corrected chi connectivity index (χ1v) is 8.53. The fourth-order valence-corrected chi connectivity index (χ4v) is 3.28. The standard InChI is InChI=1S/C18H22N6/c1-2-22-8-10-23(11-9-22)17-16-12-21-24(18(16)20-14-19-17)13-15-6-4-3-5-7-15/h3-7,12,14H,2,8-11,13H2,1H3. The highest BCUT2D eigenvalue weighted by molar-refractivity contribution is 5.86. The zero-order valence-corrected chi connectivity index (χ0v) is 14.0. The van der Waals surface area contributed by atoms with E-state index in [1.807, 2.05) is 16.9 Å². The van der Waals surface area contributed by atoms with Gasteiger partial charge in [0.25, 0.3) is 0 Å². The second kappa shape index (κ2) is 6.57. The molecular weight excluding hydrogens is 300 g/mol. The van der Waals surface area contributed by atoms with Gasteiger partial charge in [0.15, 0.2) is 5.65 Å². The van der Waals surface area contributed by atoms with Crippen LogP contribution >= 0.6 is 0 Å². The van der Waals surface area contributed by atoms with E-state index in [4.69, 9.17) is 0 Å². The molecule has 0 bridgehead atoms. The number of nitrogens with zero attached hydrogens (tertiary/aromatic N) is 6. The smallest absolute Gasteiger partial charge is 0.163 e. The van der Waals surface area contributed by atoms with E-state index in [0.717, 1.165) is 56.1 Å². The van der Waals surface area contributed by atoms with Gasteiger partial charge in [0.05, 0.1) is 18.1 Å². The molecule has 0 spiro atoms. The minimum absolute atomic E-state index is 0.727. The maximum atomic E-state index is 4.55. The van der Waals surface area contributed by atoms with E-state index < -0.39 is 0 Å². The van der Waals surface area contributed by atoms with Crippen LogP contribution in [0.5, 0.6) is 0 Å². The van der Waals surface area contributed by atoms with Gasteiger partial charge >= 0.3 is 0 Å². The predicted molar refractivity (Wildman–Crippen MR) is 95.2 cm³/mol. The summed E-state index contributed by atoms with van der Waals surface area (Å²) in [6, 6.07) is 10.4. The van der Waals surface area contributed by atoms with Crippen molar-refractivity contribution in [1.29, 1.82) is 0 Å². The van der Waals surface area contributed by atoms with Gasteiger partial charge < -0.3 is 9.80 Å². The van der Waals surface area contributed by atoms with Crippen LogP contribution in [0.25, 0.3) is 11.0 Å². The minimum atomic E-state index is 0.727. The molecule has 1 fully saturated rings. The number of likely N-dealkylation sites (N-methyl/N-ethyl adjacent to an activating group) is 1. The molecular formula is C18H22N6. The van der Waals surface area contributed by atoms with Gasteiger partial charge in [-0.25, -0.2) is 14.6 Å². The zero-order chi connectivity index (χ0) is 16.4. The molecule has 0 unspecified atom stereocenters. The van der Waals surface area contributed by atoms with Crippen molar-refractivity contribution in [2.75, 3.05) is 37.6 Å². The maximum absolute atomic E-state index is 4.55. The summed E-state index contributed by atoms with van der Waals surface area (Å²) in [7, 11) is 0. The molecule has 0 N–H and O–H groups in total. The van der Waals surface area contributed by atoms with Gasteiger partial charge in [-0.2, -0.15) is 5.10 Å². The Morgan fingerprint density at radius 1 is 1.00 bits per heavy atom. The predicted octanol–water partition coefficient (Wildman–Crippen LogP) is 2.02. The molecule has 124 valence electrons. The third kappa shape index (κ3) is 2.85. The summed E-state index contributed by atoms with van der Waals surface area (Å²) in [6.45, 7) is 8.23. The first kappa shape index (κ1) is 15.1. The Hall–Kier alpha value is -2.47. The fraction of sp³-hybridized carbons (Fsp3) is 0.389. The molecule has 0 radical (unpaired) electrons. The lowest BCUT2D eigenvalue weighted by atomic mass is 10.2. The Morgan fingerprint density at radius 2 is 1.79 bits per heavy atom. The van der Waals surface area contributed by atoms with Gasteiger partial charge in [-0.05, 0) is 12.1 Å². The normalized spacial score (nSPS) is 16.0. The van der Waals surface area contributed by atoms with E-state index in [0.29, 0.717) is 0 Å². The molecule has 6 nitrogen and oxygen atoms in total. The van der Waals surface area contributed by atoms with E-state index in [2.05, 4.69) is 56.1 Å². The second-order valence-corrected chi connectivity index (χ2v) is 6.14. The van der Waals surface area contributed by atoms with Gasteiger partial charge in [0.2, 0.25) is 0 Å². The molecule has 4 rings (SSSR count). The van der Waals surface area contributed by atoms with Crippen LogP contribution in [0.3, 0.4) is 0 Å². The molecule has 3 heterocycles. The molecule has 6 heteroatoms. The van der Waals surface area contributed by atoms with Gasteiger partial charge in [0, 0.05) is 26.2 Å². The average molecular weight is 322 g/mol. The summed E-state index contributed by atoms with van der Waals surface area (Å²) in [5.41, 5.74) is 2.13. The number of aromatic nitrogens is 4. The van der Waals surface area contributed by atoms with Crippen LogP contribution < -0.4 is 4.90 Å². The molecule has 2 aromatic heterocycles. The lowest BCUT2D eigenvalue weighted by molar-refractivity contribution is 0.271. The topological polar surface area (TPSA) is 50.1 Å². The van der Waals surface area contributed by atoms with Crippen molar-refractivity contribution in [2.24, 2.45) is 0 Å². The van der Waals surface area contributed by atoms with Crippen LogP contribution in [0.15, 0.2) is 42.9 Å². The molecule has 0 aliphatic carbocycles. The number of hydrogen-bond acceptors (Lipinski definition) is 5. The molecule has 1 aliphatic rings. The largest absolute Gasteiger partial charge is 0.353 e. The summed E-state index contributed by atoms with van der Waals surface area (Å²) < 4.78 is 1.96. The Balaban J connectivity index is 1.62. The van der Waals surface area contributed by atoms with Gasteiger partial charge in [-0.3, -0.25) is 0 Å². The van der Waals surface area contributed by atoms with Crippen molar-refractivity contribution in [1.82, 2.24) is 24.6 Å². The van der Waals surface area contributed by atoms with Crippen LogP contribution in [-0.2, 0) is 6.54 Å². The zero-order valence-electron chi connectivity index (χ0n) is 14.0. The summed E-state index contributed by atoms with van der Waals surface area (Å²) in [5, 5.41) is 5.59. The molecule has 3 aromatic rings. The van der Waals surface area contributed by atoms with Crippen LogP contribution in [0, 0.1) is 0 Å². The van der Waals surface area contributed by atoms with Crippen molar-refractivity contribution >= 4 is 16.9 Å². The third-order valence-corrected chi connectivity index (χ3v) is 4.71. The first-order chi connectivity index (χ1) is 11.8. The van der Waals surface area contributed by atoms with Gasteiger partial charge in [-0.1, -0.05) is 37.3 Å². The number of piperazine rings is 1. The van der Waals surface area contributed by atoms with Crippen LogP contribution in [0.2, 0.25) is 0 Å². The Morgan fingerprint density at radius 3 is 2.54 bits per heavy atom. The molecule has 1 saturated heterocycles. The number of rotatable bonds is 4. The molecule has 1 aliphatic heterocycles. The van der Waals surface area contributed by atoms with E-state index >= 15 is 0 Å². The molecule has 0 atom stereocenters. The number of benzene rings is 1. The third-order valence-electron chi connectivity index (χ3n) is 4.71. The second-order valence-electron chi connectivity index (χ2n) is 6.14. The lowest BCUT2D eigenvalue weighted by Crippen LogP contribution is -2.46. The van der Waals surface area contributed by atoms with E-state index in [9.17, 15) is 0 Å². The lowest BCUT2D eigenvalue weighted by Gasteiger charge is -2.34. The summed E-state index contributed by atoms with van der Waals surface area (Å²) in [4.78, 5) is 13.8. The molecule has 0 saturated carbocycles. The Kier molecular flexibility index (Phi) is 4.13. The van der Waals surface area contributed by atoms with Crippen LogP contribution in [0.1, 0.15) is 12.5 Å². The summed E-state index contributed by atoms with van der Waals surface area (Å²) in [5.74, 6) is 1.01. The molecule has 1 aromatic carbocycles. The van der Waals surface area contributed by atoms with Crippen LogP contribution in [-0.4, -0.2) is 57.4 Å². The average Bonchev–Trinajstić information content (AvgIpc) is 3.06. The van der Waals surface area contributed by atoms with Crippen molar-refractivity contribution in [3.63, 3.8) is 0 Å². The van der Waals surface area contributed by atoms with Gasteiger partial charge in [-0.15, -0.1) is 0 Å². The van der Waals surface area contributed by atoms with Crippen molar-refractivity contribution in [3.8, 4) is 0 Å². The highest BCUT2D eigenvalue weighted by atomic mass is 15.3. The fourth-order valence-electron chi connectivity index (χ4n) is 3.28. The van der Waals surface area contributed by atoms with E-state index in [1.165, 1.54) is 5.56 Å². The Bertz CT molecular complexity index is 805. The quantitative estimate of drug-likeness (QED) is 0.735. The highest BCUT2D eigenvalue weighted by Gasteiger charge is 2.20.